The van der Waals surface area contributed by atoms with Gasteiger partial charge in [0.05, 0.1) is 27.8 Å². The predicted octanol–water partition coefficient (Wildman–Crippen LogP) is 26.5. The summed E-state index contributed by atoms with van der Waals surface area (Å²) in [5.41, 5.74) is 33.8. The van der Waals surface area contributed by atoms with Crippen LogP contribution in [-0.4, -0.2) is 18.7 Å². The highest BCUT2D eigenvalue weighted by Crippen LogP contribution is 2.53. The van der Waals surface area contributed by atoms with Crippen LogP contribution in [0.4, 0.5) is 34.1 Å². The second kappa shape index (κ2) is 25.6. The summed E-state index contributed by atoms with van der Waals surface area (Å²) in [6.07, 6.45) is 6.11. The minimum atomic E-state index is -0.0947. The molecule has 18 aromatic rings. The van der Waals surface area contributed by atoms with Crippen molar-refractivity contribution in [2.75, 3.05) is 9.80 Å². The van der Waals surface area contributed by atoms with Crippen LogP contribution in [0.2, 0.25) is 0 Å². The number of nitrogens with zero attached hydrogens (tertiary/aromatic N) is 6. The highest BCUT2D eigenvalue weighted by molar-refractivity contribution is 6.12. The summed E-state index contributed by atoms with van der Waals surface area (Å²) in [4.78, 5) is 9.37. The number of hydrogen-bond acceptors (Lipinski definition) is 3. The maximum Gasteiger partial charge on any atom is 0.0701 e. The van der Waals surface area contributed by atoms with Gasteiger partial charge in [-0.25, -0.2) is 0 Å². The lowest BCUT2D eigenvalue weighted by atomic mass is 9.82. The lowest BCUT2D eigenvalue weighted by Crippen LogP contribution is -2.16. The first-order valence-electron chi connectivity index (χ1n) is 36.7. The van der Waals surface area contributed by atoms with Gasteiger partial charge in [0.25, 0.3) is 0 Å². The molecule has 4 heterocycles. The normalized spacial score (nSPS) is 12.9. The minimum Gasteiger partial charge on any atom is -0.357 e. The first-order valence-corrected chi connectivity index (χ1v) is 36.7. The zero-order valence-electron chi connectivity index (χ0n) is 59.9. The minimum absolute atomic E-state index is 0.0864. The molecule has 106 heavy (non-hydrogen) atoms. The molecule has 0 amide bonds. The van der Waals surface area contributed by atoms with Crippen LogP contribution in [0, 0.1) is 0 Å². The molecule has 2 aliphatic rings. The molecule has 0 fully saturated rings. The quantitative estimate of drug-likeness (QED) is 0.122. The summed E-state index contributed by atoms with van der Waals surface area (Å²) in [7, 11) is 2.07. The van der Waals surface area contributed by atoms with E-state index in [1.54, 1.807) is 0 Å². The molecule has 0 saturated heterocycles. The van der Waals surface area contributed by atoms with E-state index in [2.05, 4.69) is 415 Å². The lowest BCUT2D eigenvalue weighted by Gasteiger charge is -2.28. The predicted molar refractivity (Wildman–Crippen MR) is 445 cm³/mol. The number of pyridine rings is 1. The SMILES string of the molecule is CC1(C)c2ccccc2-c2ccc(N(c3ccc(-c4ccc5c(c4)c4ccccc4n5-c4ccccc4)cc3)c3ccc(-c4ccccn4)cc3)cc21.Cn1ccc(-c2ccc(N(c3ccc(-c4ccc5c(c4)c4ccccc4n5-c4ccccc4)cc3)c3ccc4c(c3)C(C)(C)c3ccccc3-4)cc2)c1. The number of para-hydroxylation sites is 4. The number of anilines is 6. The summed E-state index contributed by atoms with van der Waals surface area (Å²) < 4.78 is 6.83. The third kappa shape index (κ3) is 10.8. The van der Waals surface area contributed by atoms with Gasteiger partial charge in [-0.05, 0) is 230 Å². The number of hydrogen-bond donors (Lipinski definition) is 0. The highest BCUT2D eigenvalue weighted by Gasteiger charge is 2.37. The van der Waals surface area contributed by atoms with Crippen molar-refractivity contribution in [3.05, 3.63) is 393 Å². The van der Waals surface area contributed by atoms with Gasteiger partial charge >= 0.3 is 0 Å². The third-order valence-corrected chi connectivity index (χ3v) is 22.3. The molecule has 4 aromatic heterocycles. The van der Waals surface area contributed by atoms with E-state index in [1.807, 2.05) is 18.3 Å². The number of aromatic nitrogens is 4. The van der Waals surface area contributed by atoms with Crippen LogP contribution in [0.1, 0.15) is 49.9 Å². The Morgan fingerprint density at radius 1 is 0.264 bits per heavy atom. The van der Waals surface area contributed by atoms with E-state index in [0.29, 0.717) is 0 Å². The van der Waals surface area contributed by atoms with Gasteiger partial charge < -0.3 is 23.5 Å². The molecule has 0 radical (unpaired) electrons. The molecule has 0 atom stereocenters. The van der Waals surface area contributed by atoms with Crippen LogP contribution >= 0.6 is 0 Å². The lowest BCUT2D eigenvalue weighted by molar-refractivity contribution is 0.660. The number of rotatable bonds is 12. The summed E-state index contributed by atoms with van der Waals surface area (Å²) in [5, 5.41) is 5.03. The maximum atomic E-state index is 4.59. The number of fused-ring (bicyclic) bond motifs is 12. The molecule has 0 N–H and O–H groups in total. The monoisotopic (exact) mass is 1360 g/mol. The van der Waals surface area contributed by atoms with Gasteiger partial charge in [0.1, 0.15) is 0 Å². The van der Waals surface area contributed by atoms with Crippen LogP contribution in [0.5, 0.6) is 0 Å². The van der Waals surface area contributed by atoms with E-state index in [-0.39, 0.29) is 10.8 Å². The molecular weight excluding hydrogens is 1290 g/mol. The molecular formula is C100H76N6. The third-order valence-electron chi connectivity index (χ3n) is 22.3. The number of benzene rings is 14. The van der Waals surface area contributed by atoms with Gasteiger partial charge in [-0.15, -0.1) is 0 Å². The Bertz CT molecular complexity index is 6360. The maximum absolute atomic E-state index is 4.59. The smallest absolute Gasteiger partial charge is 0.0701 e. The standard InChI is InChI=1S/C50H39N3.C50H37N3/c1-50(2)46-15-9-7-13-42(46)43-27-26-41(32-47(43)50)52(40-24-19-35(20-25-40)37-29-30-51(3)33-37)39-22-17-34(18-23-39)36-21-28-49-45(31-36)44-14-8-10-16-48(44)53(49)38-11-5-4-6-12-38;1-50(2)45-16-8-6-14-41(45)42-29-28-40(33-46(42)50)52(39-26-21-35(22-27-39)47-17-10-11-31-51-47)38-24-19-34(20-25-38)36-23-30-49-44(32-36)43-15-7-9-18-48(43)53(49)37-12-4-3-5-13-37/h4-33H,1-3H3;3-33H,1-2H3. The van der Waals surface area contributed by atoms with Gasteiger partial charge in [0, 0.05) is 109 Å². The molecule has 2 aliphatic carbocycles. The van der Waals surface area contributed by atoms with Crippen molar-refractivity contribution in [2.45, 2.75) is 38.5 Å². The zero-order valence-corrected chi connectivity index (χ0v) is 59.9. The van der Waals surface area contributed by atoms with Gasteiger partial charge in [-0.1, -0.05) is 228 Å². The summed E-state index contributed by atoms with van der Waals surface area (Å²) in [5.74, 6) is 0. The van der Waals surface area contributed by atoms with Gasteiger partial charge in [0.2, 0.25) is 0 Å². The molecule has 0 spiro atoms. The van der Waals surface area contributed by atoms with Gasteiger partial charge in [0.15, 0.2) is 0 Å². The molecule has 0 aliphatic heterocycles. The van der Waals surface area contributed by atoms with E-state index in [0.717, 1.165) is 45.4 Å². The average Bonchev–Trinajstić information content (AvgIpc) is 1.58. The Balaban J connectivity index is 0.000000145. The summed E-state index contributed by atoms with van der Waals surface area (Å²) >= 11 is 0. The van der Waals surface area contributed by atoms with Crippen molar-refractivity contribution in [2.24, 2.45) is 7.05 Å². The molecule has 20 rings (SSSR count). The van der Waals surface area contributed by atoms with E-state index >= 15 is 0 Å². The van der Waals surface area contributed by atoms with Crippen molar-refractivity contribution in [3.63, 3.8) is 0 Å². The summed E-state index contributed by atoms with van der Waals surface area (Å²) in [6.45, 7) is 9.39. The molecule has 14 aromatic carbocycles. The van der Waals surface area contributed by atoms with Gasteiger partial charge in [-0.2, -0.15) is 0 Å². The van der Waals surface area contributed by atoms with E-state index < -0.39 is 0 Å². The van der Waals surface area contributed by atoms with Crippen LogP contribution < -0.4 is 9.80 Å². The topological polar surface area (TPSA) is 34.2 Å². The molecule has 6 nitrogen and oxygen atoms in total. The van der Waals surface area contributed by atoms with Crippen molar-refractivity contribution in [1.29, 1.82) is 0 Å². The van der Waals surface area contributed by atoms with Crippen LogP contribution in [0.25, 0.3) is 122 Å². The van der Waals surface area contributed by atoms with E-state index in [1.165, 1.54) is 133 Å². The second-order valence-electron chi connectivity index (χ2n) is 29.3. The zero-order chi connectivity index (χ0) is 71.2. The van der Waals surface area contributed by atoms with E-state index in [4.69, 9.17) is 0 Å². The Morgan fingerprint density at radius 3 is 1.05 bits per heavy atom. The number of aryl methyl sites for hydroxylation is 1. The fourth-order valence-electron chi connectivity index (χ4n) is 17.0. The molecule has 506 valence electrons. The Morgan fingerprint density at radius 2 is 0.623 bits per heavy atom. The van der Waals surface area contributed by atoms with Crippen LogP contribution in [-0.2, 0) is 17.9 Å². The molecule has 0 bridgehead atoms. The molecule has 6 heteroatoms. The molecule has 0 unspecified atom stereocenters. The fraction of sp³-hybridized carbons (Fsp3) is 0.0700. The largest absolute Gasteiger partial charge is 0.357 e. The first kappa shape index (κ1) is 63.6. The van der Waals surface area contributed by atoms with Crippen molar-refractivity contribution in [3.8, 4) is 78.3 Å². The second-order valence-corrected chi connectivity index (χ2v) is 29.3. The van der Waals surface area contributed by atoms with Crippen LogP contribution in [0.3, 0.4) is 0 Å². The fourth-order valence-corrected chi connectivity index (χ4v) is 17.0. The Kier molecular flexibility index (Phi) is 15.4. The average molecular weight is 1360 g/mol. The Hall–Kier alpha value is -13.3. The first-order chi connectivity index (χ1) is 52.0. The van der Waals surface area contributed by atoms with Crippen molar-refractivity contribution < 1.29 is 0 Å². The molecule has 0 saturated carbocycles. The van der Waals surface area contributed by atoms with Crippen molar-refractivity contribution in [1.82, 2.24) is 18.7 Å². The Labute approximate surface area is 618 Å². The summed E-state index contributed by atoms with van der Waals surface area (Å²) in [6, 6.07) is 128. The van der Waals surface area contributed by atoms with E-state index in [9.17, 15) is 0 Å². The van der Waals surface area contributed by atoms with Gasteiger partial charge in [-0.3, -0.25) is 4.98 Å². The van der Waals surface area contributed by atoms with Crippen LogP contribution in [0.15, 0.2) is 370 Å². The highest BCUT2D eigenvalue weighted by atomic mass is 15.1. The van der Waals surface area contributed by atoms with Crippen molar-refractivity contribution >= 4 is 77.7 Å².